The summed E-state index contributed by atoms with van der Waals surface area (Å²) < 4.78 is 33.1. The van der Waals surface area contributed by atoms with E-state index in [9.17, 15) is 18.3 Å². The summed E-state index contributed by atoms with van der Waals surface area (Å²) in [6, 6.07) is 10.5. The molecule has 3 rings (SSSR count). The number of carbonyl (C=O) groups excluding carboxylic acids is 1. The van der Waals surface area contributed by atoms with Crippen LogP contribution in [0.1, 0.15) is 23.2 Å². The average molecular weight is 425 g/mol. The molecule has 1 aliphatic heterocycles. The van der Waals surface area contributed by atoms with Gasteiger partial charge in [0.05, 0.1) is 18.2 Å². The standard InChI is InChI=1S/C19H21ClN2O5S/c1-27-16-7-5-14(6-8-16)21-28(25,26)18-11-13(4-9-17(18)20)19(24)22-10-2-3-15(23)12-22/h4-9,11,15,21,23H,2-3,10,12H2,1H3/t15-/m0/s1. The van der Waals surface area contributed by atoms with Crippen LogP contribution < -0.4 is 9.46 Å². The van der Waals surface area contributed by atoms with Crippen molar-refractivity contribution in [3.05, 3.63) is 53.1 Å². The quantitative estimate of drug-likeness (QED) is 0.769. The number of amides is 1. The Morgan fingerprint density at radius 1 is 1.25 bits per heavy atom. The van der Waals surface area contributed by atoms with Gasteiger partial charge in [0, 0.05) is 24.3 Å². The number of piperidine rings is 1. The van der Waals surface area contributed by atoms with E-state index >= 15 is 0 Å². The van der Waals surface area contributed by atoms with Crippen LogP contribution in [0.5, 0.6) is 5.75 Å². The van der Waals surface area contributed by atoms with E-state index in [1.807, 2.05) is 0 Å². The Kier molecular flexibility index (Phi) is 6.12. The number of rotatable bonds is 5. The molecule has 150 valence electrons. The molecule has 1 fully saturated rings. The van der Waals surface area contributed by atoms with E-state index in [1.165, 1.54) is 30.2 Å². The average Bonchev–Trinajstić information content (AvgIpc) is 2.68. The Bertz CT molecular complexity index is 963. The summed E-state index contributed by atoms with van der Waals surface area (Å²) >= 11 is 6.10. The Morgan fingerprint density at radius 3 is 2.61 bits per heavy atom. The van der Waals surface area contributed by atoms with Crippen LogP contribution in [-0.2, 0) is 10.0 Å². The van der Waals surface area contributed by atoms with Crippen LogP contribution in [0.15, 0.2) is 47.4 Å². The number of ether oxygens (including phenoxy) is 1. The second kappa shape index (κ2) is 8.38. The second-order valence-corrected chi connectivity index (χ2v) is 8.58. The van der Waals surface area contributed by atoms with Crippen LogP contribution in [0.25, 0.3) is 0 Å². The number of carbonyl (C=O) groups is 1. The molecule has 0 unspecified atom stereocenters. The van der Waals surface area contributed by atoms with Gasteiger partial charge in [0.1, 0.15) is 10.6 Å². The number of benzene rings is 2. The smallest absolute Gasteiger partial charge is 0.263 e. The molecule has 0 spiro atoms. The van der Waals surface area contributed by atoms with Gasteiger partial charge in [0.2, 0.25) is 0 Å². The topological polar surface area (TPSA) is 95.9 Å². The highest BCUT2D eigenvalue weighted by atomic mass is 35.5. The lowest BCUT2D eigenvalue weighted by Gasteiger charge is -2.30. The number of hydrogen-bond donors (Lipinski definition) is 2. The molecule has 0 aliphatic carbocycles. The van der Waals surface area contributed by atoms with E-state index in [2.05, 4.69) is 4.72 Å². The third-order valence-corrected chi connectivity index (χ3v) is 6.36. The number of sulfonamides is 1. The third kappa shape index (κ3) is 4.57. The monoisotopic (exact) mass is 424 g/mol. The summed E-state index contributed by atoms with van der Waals surface area (Å²) in [6.45, 7) is 0.748. The number of hydrogen-bond acceptors (Lipinski definition) is 5. The van der Waals surface area contributed by atoms with Crippen LogP contribution in [0.2, 0.25) is 5.02 Å². The first-order chi connectivity index (χ1) is 13.3. The van der Waals surface area contributed by atoms with E-state index in [-0.39, 0.29) is 27.9 Å². The van der Waals surface area contributed by atoms with Gasteiger partial charge < -0.3 is 14.7 Å². The van der Waals surface area contributed by atoms with Crippen LogP contribution in [0.4, 0.5) is 5.69 Å². The lowest BCUT2D eigenvalue weighted by molar-refractivity contribution is 0.0473. The minimum absolute atomic E-state index is 0.0104. The number of aliphatic hydroxyl groups is 1. The zero-order valence-electron chi connectivity index (χ0n) is 15.3. The molecule has 9 heteroatoms. The maximum absolute atomic E-state index is 12.8. The van der Waals surface area contributed by atoms with Gasteiger partial charge in [-0.25, -0.2) is 8.42 Å². The number of β-amino-alcohol motifs (C(OH)–C–C–N with tert-alkyl or cyclic N) is 1. The minimum Gasteiger partial charge on any atom is -0.497 e. The van der Waals surface area contributed by atoms with Gasteiger partial charge in [-0.1, -0.05) is 11.6 Å². The van der Waals surface area contributed by atoms with Crippen molar-refractivity contribution in [1.29, 1.82) is 0 Å². The van der Waals surface area contributed by atoms with E-state index in [1.54, 1.807) is 24.3 Å². The van der Waals surface area contributed by atoms with Gasteiger partial charge in [-0.2, -0.15) is 0 Å². The van der Waals surface area contributed by atoms with Crippen LogP contribution in [-0.4, -0.2) is 50.6 Å². The molecule has 1 saturated heterocycles. The van der Waals surface area contributed by atoms with Gasteiger partial charge in [-0.15, -0.1) is 0 Å². The first-order valence-electron chi connectivity index (χ1n) is 8.74. The molecular formula is C19H21ClN2O5S. The van der Waals surface area contributed by atoms with Crippen molar-refractivity contribution >= 4 is 33.2 Å². The Balaban J connectivity index is 1.86. The zero-order chi connectivity index (χ0) is 20.3. The molecule has 28 heavy (non-hydrogen) atoms. The summed E-state index contributed by atoms with van der Waals surface area (Å²) in [7, 11) is -2.49. The van der Waals surface area contributed by atoms with Crippen LogP contribution in [0, 0.1) is 0 Å². The number of nitrogens with one attached hydrogen (secondary N) is 1. The SMILES string of the molecule is COc1ccc(NS(=O)(=O)c2cc(C(=O)N3CCC[C@H](O)C3)ccc2Cl)cc1. The Morgan fingerprint density at radius 2 is 1.96 bits per heavy atom. The Hall–Kier alpha value is -2.29. The van der Waals surface area contributed by atoms with Crippen molar-refractivity contribution in [2.24, 2.45) is 0 Å². The number of nitrogens with zero attached hydrogens (tertiary/aromatic N) is 1. The van der Waals surface area contributed by atoms with Gasteiger partial charge >= 0.3 is 0 Å². The molecule has 1 heterocycles. The van der Waals surface area contributed by atoms with E-state index in [0.717, 1.165) is 0 Å². The molecule has 1 amide bonds. The van der Waals surface area contributed by atoms with Gasteiger partial charge in [0.25, 0.3) is 15.9 Å². The number of aliphatic hydroxyl groups excluding tert-OH is 1. The molecule has 0 bridgehead atoms. The lowest BCUT2D eigenvalue weighted by atomic mass is 10.1. The van der Waals surface area contributed by atoms with Gasteiger partial charge in [-0.3, -0.25) is 9.52 Å². The van der Waals surface area contributed by atoms with E-state index < -0.39 is 16.1 Å². The first kappa shape index (κ1) is 20.4. The van der Waals surface area contributed by atoms with Crippen LogP contribution >= 0.6 is 11.6 Å². The highest BCUT2D eigenvalue weighted by Gasteiger charge is 2.25. The third-order valence-electron chi connectivity index (χ3n) is 4.49. The minimum atomic E-state index is -4.00. The van der Waals surface area contributed by atoms with Crippen molar-refractivity contribution in [1.82, 2.24) is 4.90 Å². The number of anilines is 1. The largest absolute Gasteiger partial charge is 0.497 e. The fraction of sp³-hybridized carbons (Fsp3) is 0.316. The zero-order valence-corrected chi connectivity index (χ0v) is 16.8. The molecule has 0 radical (unpaired) electrons. The molecule has 2 aromatic carbocycles. The van der Waals surface area contributed by atoms with Crippen molar-refractivity contribution in [2.75, 3.05) is 24.9 Å². The molecule has 2 N–H and O–H groups in total. The molecular weight excluding hydrogens is 404 g/mol. The summed E-state index contributed by atoms with van der Waals surface area (Å²) in [4.78, 5) is 14.0. The van der Waals surface area contributed by atoms with Crippen molar-refractivity contribution in [3.63, 3.8) is 0 Å². The molecule has 2 aromatic rings. The van der Waals surface area contributed by atoms with Crippen molar-refractivity contribution in [2.45, 2.75) is 23.8 Å². The number of methoxy groups -OCH3 is 1. The first-order valence-corrected chi connectivity index (χ1v) is 10.6. The van der Waals surface area contributed by atoms with Gasteiger partial charge in [0.15, 0.2) is 0 Å². The normalized spacial score (nSPS) is 17.2. The van der Waals surface area contributed by atoms with Crippen molar-refractivity contribution < 1.29 is 23.1 Å². The van der Waals surface area contributed by atoms with Crippen molar-refractivity contribution in [3.8, 4) is 5.75 Å². The summed E-state index contributed by atoms with van der Waals surface area (Å²) in [5.41, 5.74) is 0.543. The number of halogens is 1. The summed E-state index contributed by atoms with van der Waals surface area (Å²) in [6.07, 6.45) is 0.783. The molecule has 0 aromatic heterocycles. The molecule has 0 saturated carbocycles. The summed E-state index contributed by atoms with van der Waals surface area (Å²) in [5, 5.41) is 9.79. The summed E-state index contributed by atoms with van der Waals surface area (Å²) in [5.74, 6) is 0.258. The maximum atomic E-state index is 12.8. The second-order valence-electron chi connectivity index (χ2n) is 6.53. The maximum Gasteiger partial charge on any atom is 0.263 e. The molecule has 7 nitrogen and oxygen atoms in total. The Labute approximate surface area is 168 Å². The fourth-order valence-corrected chi connectivity index (χ4v) is 4.62. The van der Waals surface area contributed by atoms with E-state index in [4.69, 9.17) is 16.3 Å². The highest BCUT2D eigenvalue weighted by molar-refractivity contribution is 7.92. The van der Waals surface area contributed by atoms with Gasteiger partial charge in [-0.05, 0) is 55.3 Å². The predicted octanol–water partition coefficient (Wildman–Crippen LogP) is 2.75. The number of likely N-dealkylation sites (tertiary alicyclic amines) is 1. The van der Waals surface area contributed by atoms with E-state index in [0.29, 0.717) is 30.8 Å². The molecule has 1 aliphatic rings. The lowest BCUT2D eigenvalue weighted by Crippen LogP contribution is -2.42. The fourth-order valence-electron chi connectivity index (χ4n) is 3.03. The van der Waals surface area contributed by atoms with Crippen LogP contribution in [0.3, 0.4) is 0 Å². The molecule has 1 atom stereocenters. The predicted molar refractivity (Wildman–Crippen MR) is 106 cm³/mol. The highest BCUT2D eigenvalue weighted by Crippen LogP contribution is 2.27.